The van der Waals surface area contributed by atoms with Crippen molar-refractivity contribution in [2.75, 3.05) is 26.4 Å². The van der Waals surface area contributed by atoms with Gasteiger partial charge in [0.15, 0.2) is 0 Å². The summed E-state index contributed by atoms with van der Waals surface area (Å²) in [7, 11) is -4.64. The number of phosphoric ester groups is 1. The number of unbranched alkanes of at least 4 members (excludes halogenated alkanes) is 21. The van der Waals surface area contributed by atoms with Gasteiger partial charge in [-0.2, -0.15) is 0 Å². The third kappa shape index (κ3) is 40.7. The molecule has 0 heterocycles. The van der Waals surface area contributed by atoms with Gasteiger partial charge in [0.1, 0.15) is 12.2 Å². The van der Waals surface area contributed by atoms with Crippen molar-refractivity contribution in [2.24, 2.45) is 0 Å². The number of hydrogen-bond acceptors (Lipinski definition) is 9. The van der Waals surface area contributed by atoms with Gasteiger partial charge in [-0.1, -0.05) is 184 Å². The van der Waals surface area contributed by atoms with E-state index in [1.165, 1.54) is 89.9 Å². The molecule has 0 bridgehead atoms. The molecule has 11 heteroatoms. The third-order valence-corrected chi connectivity index (χ3v) is 10.8. The molecule has 0 fully saturated rings. The van der Waals surface area contributed by atoms with Gasteiger partial charge in [-0.3, -0.25) is 18.6 Å². The average Bonchev–Trinajstić information content (AvgIpc) is 3.21. The van der Waals surface area contributed by atoms with Crippen LogP contribution < -0.4 is 0 Å². The fraction of sp³-hybridized carbons (Fsp3) is 0.787. The summed E-state index contributed by atoms with van der Waals surface area (Å²) >= 11 is 0. The lowest BCUT2D eigenvalue weighted by atomic mass is 10.0. The second kappa shape index (κ2) is 43.0. The summed E-state index contributed by atoms with van der Waals surface area (Å²) in [5, 5.41) is 19.2. The summed E-state index contributed by atoms with van der Waals surface area (Å²) in [6.07, 6.45) is 46.5. The Morgan fingerprint density at radius 2 is 0.810 bits per heavy atom. The molecule has 3 atom stereocenters. The van der Waals surface area contributed by atoms with Crippen molar-refractivity contribution in [3.8, 4) is 0 Å². The monoisotopic (exact) mass is 841 g/mol. The first kappa shape index (κ1) is 55.9. The molecule has 0 rings (SSSR count). The number of hydrogen-bond donors (Lipinski definition) is 3. The molecule has 0 amide bonds. The second-order valence-electron chi connectivity index (χ2n) is 15.4. The minimum Gasteiger partial charge on any atom is -0.457 e. The fourth-order valence-electron chi connectivity index (χ4n) is 6.28. The van der Waals surface area contributed by atoms with E-state index in [9.17, 15) is 29.3 Å². The SMILES string of the molecule is CC/C=C\C/C=C\C/C=C\C/C=C\CCCCCCCCCCC(=O)OC(CO)COP(=O)(O)OCC(CO)OC(=O)CCCCCCCCCCCCCCCC. The molecule has 0 aromatic heterocycles. The molecule has 0 saturated carbocycles. The van der Waals surface area contributed by atoms with Crippen molar-refractivity contribution < 1.29 is 47.8 Å². The topological polar surface area (TPSA) is 149 Å². The van der Waals surface area contributed by atoms with Gasteiger partial charge < -0.3 is 24.6 Å². The number of allylic oxidation sites excluding steroid dienone is 8. The predicted molar refractivity (Wildman–Crippen MR) is 237 cm³/mol. The van der Waals surface area contributed by atoms with Crippen LogP contribution in [0.1, 0.15) is 200 Å². The van der Waals surface area contributed by atoms with Gasteiger partial charge in [-0.05, 0) is 51.4 Å². The largest absolute Gasteiger partial charge is 0.472 e. The quantitative estimate of drug-likeness (QED) is 0.0234. The van der Waals surface area contributed by atoms with Crippen molar-refractivity contribution in [2.45, 2.75) is 212 Å². The van der Waals surface area contributed by atoms with Gasteiger partial charge in [-0.25, -0.2) is 4.57 Å². The number of ether oxygens (including phenoxy) is 2. The van der Waals surface area contributed by atoms with Crippen LogP contribution in [0, 0.1) is 0 Å². The predicted octanol–water partition coefficient (Wildman–Crippen LogP) is 12.5. The van der Waals surface area contributed by atoms with Crippen LogP contribution in [0.15, 0.2) is 48.6 Å². The molecule has 0 radical (unpaired) electrons. The number of aliphatic hydroxyl groups is 2. The zero-order chi connectivity index (χ0) is 42.6. The summed E-state index contributed by atoms with van der Waals surface area (Å²) in [5.74, 6) is -1.02. The maximum absolute atomic E-state index is 12.4. The standard InChI is InChI=1S/C47H85O10P/c1-3-5-7-9-11-13-15-17-19-20-21-22-23-24-25-27-29-31-33-35-37-39-47(51)57-45(41-49)43-55-58(52,53)54-42-44(40-48)56-46(50)38-36-34-32-30-28-26-18-16-14-12-10-8-6-4-2/h5,7,11,13,17,19,21-22,44-45,48-49H,3-4,6,8-10,12,14-16,18,20,23-43H2,1-2H3,(H,52,53)/b7-5-,13-11-,19-17-,22-21-. The Morgan fingerprint density at radius 3 is 1.17 bits per heavy atom. The van der Waals surface area contributed by atoms with E-state index in [-0.39, 0.29) is 12.8 Å². The highest BCUT2D eigenvalue weighted by molar-refractivity contribution is 7.47. The molecule has 338 valence electrons. The van der Waals surface area contributed by atoms with Gasteiger partial charge in [0.2, 0.25) is 0 Å². The van der Waals surface area contributed by atoms with Crippen LogP contribution in [0.2, 0.25) is 0 Å². The molecular formula is C47H85O10P. The Hall–Kier alpha value is -2.07. The normalized spacial score (nSPS) is 14.2. The van der Waals surface area contributed by atoms with E-state index >= 15 is 0 Å². The van der Waals surface area contributed by atoms with E-state index in [1.807, 2.05) is 0 Å². The van der Waals surface area contributed by atoms with Crippen LogP contribution in [0.5, 0.6) is 0 Å². The third-order valence-electron chi connectivity index (χ3n) is 9.81. The average molecular weight is 841 g/mol. The molecule has 3 N–H and O–H groups in total. The van der Waals surface area contributed by atoms with Gasteiger partial charge >= 0.3 is 19.8 Å². The number of aliphatic hydroxyl groups excluding tert-OH is 2. The first-order chi connectivity index (χ1) is 28.3. The van der Waals surface area contributed by atoms with Crippen molar-refractivity contribution in [1.29, 1.82) is 0 Å². The van der Waals surface area contributed by atoms with Crippen molar-refractivity contribution in [3.63, 3.8) is 0 Å². The van der Waals surface area contributed by atoms with Crippen LogP contribution in [0.3, 0.4) is 0 Å². The Labute approximate surface area is 353 Å². The van der Waals surface area contributed by atoms with Crippen LogP contribution in [-0.4, -0.2) is 65.7 Å². The Bertz CT molecular complexity index is 1110. The molecular weight excluding hydrogens is 755 g/mol. The van der Waals surface area contributed by atoms with E-state index in [0.29, 0.717) is 12.8 Å². The van der Waals surface area contributed by atoms with Crippen molar-refractivity contribution in [3.05, 3.63) is 48.6 Å². The lowest BCUT2D eigenvalue weighted by molar-refractivity contribution is -0.153. The second-order valence-corrected chi connectivity index (χ2v) is 16.8. The van der Waals surface area contributed by atoms with Gasteiger partial charge in [0, 0.05) is 12.8 Å². The van der Waals surface area contributed by atoms with Crippen LogP contribution in [-0.2, 0) is 32.7 Å². The molecule has 58 heavy (non-hydrogen) atoms. The van der Waals surface area contributed by atoms with E-state index in [0.717, 1.165) is 70.6 Å². The number of carbonyl (C=O) groups is 2. The molecule has 0 saturated heterocycles. The van der Waals surface area contributed by atoms with Gasteiger partial charge in [0.25, 0.3) is 0 Å². The number of phosphoric acid groups is 1. The lowest BCUT2D eigenvalue weighted by Gasteiger charge is -2.20. The van der Waals surface area contributed by atoms with E-state index < -0.39 is 58.4 Å². The molecule has 0 aliphatic carbocycles. The summed E-state index contributed by atoms with van der Waals surface area (Å²) in [5.41, 5.74) is 0. The van der Waals surface area contributed by atoms with Gasteiger partial charge in [0.05, 0.1) is 26.4 Å². The zero-order valence-corrected chi connectivity index (χ0v) is 37.6. The molecule has 10 nitrogen and oxygen atoms in total. The van der Waals surface area contributed by atoms with E-state index in [1.54, 1.807) is 0 Å². The number of esters is 2. The Kier molecular flexibility index (Phi) is 41.5. The minimum atomic E-state index is -4.64. The fourth-order valence-corrected chi connectivity index (χ4v) is 7.07. The minimum absolute atomic E-state index is 0.182. The number of rotatable bonds is 43. The molecule has 0 aliphatic rings. The van der Waals surface area contributed by atoms with Crippen LogP contribution >= 0.6 is 7.82 Å². The smallest absolute Gasteiger partial charge is 0.457 e. The highest BCUT2D eigenvalue weighted by Crippen LogP contribution is 2.43. The molecule has 0 aromatic rings. The van der Waals surface area contributed by atoms with Gasteiger partial charge in [-0.15, -0.1) is 0 Å². The van der Waals surface area contributed by atoms with Crippen molar-refractivity contribution >= 4 is 19.8 Å². The van der Waals surface area contributed by atoms with E-state index in [4.69, 9.17) is 18.5 Å². The number of carbonyl (C=O) groups excluding carboxylic acids is 2. The van der Waals surface area contributed by atoms with E-state index in [2.05, 4.69) is 62.5 Å². The Morgan fingerprint density at radius 1 is 0.483 bits per heavy atom. The molecule has 0 aromatic carbocycles. The maximum Gasteiger partial charge on any atom is 0.472 e. The Balaban J connectivity index is 3.89. The van der Waals surface area contributed by atoms with Crippen molar-refractivity contribution in [1.82, 2.24) is 0 Å². The first-order valence-electron chi connectivity index (χ1n) is 23.1. The highest BCUT2D eigenvalue weighted by atomic mass is 31.2. The summed E-state index contributed by atoms with van der Waals surface area (Å²) in [6, 6.07) is 0. The zero-order valence-electron chi connectivity index (χ0n) is 36.8. The lowest BCUT2D eigenvalue weighted by Crippen LogP contribution is -2.28. The summed E-state index contributed by atoms with van der Waals surface area (Å²) in [6.45, 7) is 2.10. The van der Waals surface area contributed by atoms with Crippen LogP contribution in [0.4, 0.5) is 0 Å². The molecule has 0 aliphatic heterocycles. The highest BCUT2D eigenvalue weighted by Gasteiger charge is 2.27. The van der Waals surface area contributed by atoms with Crippen LogP contribution in [0.25, 0.3) is 0 Å². The summed E-state index contributed by atoms with van der Waals surface area (Å²) < 4.78 is 32.6. The maximum atomic E-state index is 12.4. The molecule has 0 spiro atoms. The molecule has 3 unspecified atom stereocenters. The summed E-state index contributed by atoms with van der Waals surface area (Å²) in [4.78, 5) is 34.6. The first-order valence-corrected chi connectivity index (χ1v) is 24.6.